The second kappa shape index (κ2) is 12.6. The molecule has 190 valence electrons. The van der Waals surface area contributed by atoms with Crippen LogP contribution in [0.4, 0.5) is 17.6 Å². The number of benzene rings is 2. The van der Waals surface area contributed by atoms with Gasteiger partial charge in [-0.15, -0.1) is 0 Å². The van der Waals surface area contributed by atoms with Crippen LogP contribution in [0, 0.1) is 35.1 Å². The molecule has 3 unspecified atom stereocenters. The molecule has 0 amide bonds. The summed E-state index contributed by atoms with van der Waals surface area (Å²) in [5.41, 5.74) is -0.0504. The zero-order chi connectivity index (χ0) is 25.6. The van der Waals surface area contributed by atoms with Gasteiger partial charge in [0.1, 0.15) is 47.7 Å². The third-order valence-corrected chi connectivity index (χ3v) is 5.89. The lowest BCUT2D eigenvalue weighted by atomic mass is 9.80. The summed E-state index contributed by atoms with van der Waals surface area (Å²) in [5, 5.41) is 59.7. The van der Waals surface area contributed by atoms with E-state index >= 15 is 0 Å². The molecule has 6 nitrogen and oxygen atoms in total. The van der Waals surface area contributed by atoms with E-state index in [0.717, 1.165) is 36.4 Å². The van der Waals surface area contributed by atoms with E-state index < -0.39 is 72.2 Å². The minimum atomic E-state index is -2.08. The molecular formula is C24H30F4O6. The summed E-state index contributed by atoms with van der Waals surface area (Å²) in [6.45, 7) is 0.731. The maximum atomic E-state index is 14.3. The average molecular weight is 490 g/mol. The molecule has 0 spiro atoms. The molecule has 0 aliphatic heterocycles. The van der Waals surface area contributed by atoms with Gasteiger partial charge >= 0.3 is 0 Å². The molecule has 0 aliphatic carbocycles. The van der Waals surface area contributed by atoms with Crippen LogP contribution in [0.1, 0.15) is 24.5 Å². The Morgan fingerprint density at radius 2 is 1.15 bits per heavy atom. The number of rotatable bonds is 12. The largest absolute Gasteiger partial charge is 0.394 e. The van der Waals surface area contributed by atoms with E-state index in [4.69, 9.17) is 5.11 Å². The minimum Gasteiger partial charge on any atom is -0.394 e. The molecule has 2 rings (SSSR count). The van der Waals surface area contributed by atoms with E-state index in [2.05, 4.69) is 0 Å². The molecule has 0 heterocycles. The number of aliphatic hydroxyl groups is 6. The van der Waals surface area contributed by atoms with Crippen molar-refractivity contribution in [2.24, 2.45) is 11.8 Å². The quantitative estimate of drug-likeness (QED) is 0.251. The Hall–Kier alpha value is -2.08. The van der Waals surface area contributed by atoms with Gasteiger partial charge < -0.3 is 30.6 Å². The second-order valence-corrected chi connectivity index (χ2v) is 8.69. The van der Waals surface area contributed by atoms with Crippen LogP contribution in [0.2, 0.25) is 0 Å². The van der Waals surface area contributed by atoms with Crippen LogP contribution in [-0.2, 0) is 12.8 Å². The van der Waals surface area contributed by atoms with E-state index in [1.165, 1.54) is 0 Å². The summed E-state index contributed by atoms with van der Waals surface area (Å²) in [5.74, 6) is -4.25. The van der Waals surface area contributed by atoms with Crippen molar-refractivity contribution in [2.45, 2.75) is 56.7 Å². The van der Waals surface area contributed by atoms with Gasteiger partial charge in [0.25, 0.3) is 0 Å². The molecule has 0 aromatic heterocycles. The average Bonchev–Trinajstić information content (AvgIpc) is 2.80. The third kappa shape index (κ3) is 7.46. The summed E-state index contributed by atoms with van der Waals surface area (Å²) >= 11 is 0. The highest BCUT2D eigenvalue weighted by Gasteiger charge is 2.38. The predicted octanol–water partition coefficient (Wildman–Crippen LogP) is 1.47. The van der Waals surface area contributed by atoms with E-state index in [1.54, 1.807) is 6.92 Å². The first-order valence-electron chi connectivity index (χ1n) is 10.8. The fraction of sp³-hybridized carbons (Fsp3) is 0.500. The van der Waals surface area contributed by atoms with Crippen LogP contribution < -0.4 is 0 Å². The number of aliphatic hydroxyl groups excluding tert-OH is 6. The van der Waals surface area contributed by atoms with Crippen LogP contribution in [0.25, 0.3) is 0 Å². The normalized spacial score (nSPS) is 18.1. The fourth-order valence-corrected chi connectivity index (χ4v) is 4.02. The third-order valence-electron chi connectivity index (χ3n) is 5.89. The summed E-state index contributed by atoms with van der Waals surface area (Å²) in [6.07, 6.45) is -9.95. The van der Waals surface area contributed by atoms with Crippen molar-refractivity contribution in [1.29, 1.82) is 0 Å². The second-order valence-electron chi connectivity index (χ2n) is 8.69. The Bertz CT molecular complexity index is 930. The Kier molecular flexibility index (Phi) is 10.4. The van der Waals surface area contributed by atoms with Crippen LogP contribution >= 0.6 is 0 Å². The number of hydrogen-bond acceptors (Lipinski definition) is 6. The van der Waals surface area contributed by atoms with Gasteiger partial charge in [-0.25, -0.2) is 17.6 Å². The molecule has 0 aliphatic rings. The van der Waals surface area contributed by atoms with Crippen molar-refractivity contribution in [3.63, 3.8) is 0 Å². The number of hydrogen-bond donors (Lipinski definition) is 6. The molecule has 0 bridgehead atoms. The highest BCUT2D eigenvalue weighted by molar-refractivity contribution is 5.21. The number of halogens is 4. The van der Waals surface area contributed by atoms with Crippen LogP contribution in [0.15, 0.2) is 36.4 Å². The zero-order valence-corrected chi connectivity index (χ0v) is 18.5. The lowest BCUT2D eigenvalue weighted by molar-refractivity contribution is -0.149. The summed E-state index contributed by atoms with van der Waals surface area (Å²) in [7, 11) is 0. The first kappa shape index (κ1) is 28.2. The lowest BCUT2D eigenvalue weighted by Crippen LogP contribution is -2.52. The Balaban J connectivity index is 2.27. The Morgan fingerprint density at radius 3 is 1.65 bits per heavy atom. The molecular weight excluding hydrogens is 460 g/mol. The standard InChI is InChI=1S/C24H30F4O6/c1-12(6-13-9-16(25)2-4-18(13)27)7-15(8-14-10-17(26)3-5-19(14)28)21(31)23(33)24(34)22(32)20(30)11-29/h2-5,9-10,12,15,20-24,29-34H,6-8,11H2,1H3/t12?,15?,20-,21?,22+,23+,24-/m0/s1. The van der Waals surface area contributed by atoms with Crippen molar-refractivity contribution in [2.75, 3.05) is 6.61 Å². The first-order chi connectivity index (χ1) is 15.9. The first-order valence-corrected chi connectivity index (χ1v) is 10.8. The van der Waals surface area contributed by atoms with E-state index in [-0.39, 0.29) is 30.4 Å². The maximum absolute atomic E-state index is 14.3. The minimum absolute atomic E-state index is 0.00943. The van der Waals surface area contributed by atoms with Gasteiger partial charge in [0.2, 0.25) is 0 Å². The molecule has 2 aromatic carbocycles. The topological polar surface area (TPSA) is 121 Å². The smallest absolute Gasteiger partial charge is 0.126 e. The lowest BCUT2D eigenvalue weighted by Gasteiger charge is -2.34. The van der Waals surface area contributed by atoms with Gasteiger partial charge in [0, 0.05) is 0 Å². The van der Waals surface area contributed by atoms with Crippen molar-refractivity contribution in [3.05, 3.63) is 70.8 Å². The van der Waals surface area contributed by atoms with Crippen molar-refractivity contribution >= 4 is 0 Å². The van der Waals surface area contributed by atoms with Crippen molar-refractivity contribution in [1.82, 2.24) is 0 Å². The summed E-state index contributed by atoms with van der Waals surface area (Å²) < 4.78 is 55.5. The highest BCUT2D eigenvalue weighted by Crippen LogP contribution is 2.28. The maximum Gasteiger partial charge on any atom is 0.126 e. The summed E-state index contributed by atoms with van der Waals surface area (Å²) in [6, 6.07) is 5.68. The Morgan fingerprint density at radius 1 is 0.676 bits per heavy atom. The summed E-state index contributed by atoms with van der Waals surface area (Å²) in [4.78, 5) is 0. The van der Waals surface area contributed by atoms with E-state index in [0.29, 0.717) is 0 Å². The zero-order valence-electron chi connectivity index (χ0n) is 18.5. The van der Waals surface area contributed by atoms with E-state index in [9.17, 15) is 43.1 Å². The van der Waals surface area contributed by atoms with Gasteiger partial charge in [0.15, 0.2) is 0 Å². The molecule has 6 N–H and O–H groups in total. The Labute approximate surface area is 194 Å². The molecule has 0 saturated heterocycles. The van der Waals surface area contributed by atoms with Crippen molar-refractivity contribution < 1.29 is 48.2 Å². The fourth-order valence-electron chi connectivity index (χ4n) is 4.02. The van der Waals surface area contributed by atoms with Gasteiger partial charge in [-0.05, 0) is 78.6 Å². The van der Waals surface area contributed by atoms with Crippen LogP contribution in [0.5, 0.6) is 0 Å². The monoisotopic (exact) mass is 490 g/mol. The molecule has 2 aromatic rings. The van der Waals surface area contributed by atoms with Crippen LogP contribution in [0.3, 0.4) is 0 Å². The van der Waals surface area contributed by atoms with Crippen LogP contribution in [-0.4, -0.2) is 67.8 Å². The SMILES string of the molecule is CC(Cc1cc(F)ccc1F)CC(Cc1cc(F)ccc1F)C(O)[C@@H](O)[C@@H](O)[C@H](O)[C@@H](O)CO. The molecule has 7 atom stereocenters. The molecule has 10 heteroatoms. The highest BCUT2D eigenvalue weighted by atomic mass is 19.1. The van der Waals surface area contributed by atoms with E-state index in [1.807, 2.05) is 0 Å². The molecule has 0 fully saturated rings. The van der Waals surface area contributed by atoms with Gasteiger partial charge in [0.05, 0.1) is 12.7 Å². The van der Waals surface area contributed by atoms with Gasteiger partial charge in [-0.3, -0.25) is 0 Å². The van der Waals surface area contributed by atoms with Crippen molar-refractivity contribution in [3.8, 4) is 0 Å². The molecule has 0 saturated carbocycles. The molecule has 0 radical (unpaired) electrons. The molecule has 34 heavy (non-hydrogen) atoms. The van der Waals surface area contributed by atoms with Gasteiger partial charge in [-0.2, -0.15) is 0 Å². The van der Waals surface area contributed by atoms with Gasteiger partial charge in [-0.1, -0.05) is 6.92 Å². The predicted molar refractivity (Wildman–Crippen MR) is 115 cm³/mol.